The number of hydrogen-bond acceptors (Lipinski definition) is 2. The Morgan fingerprint density at radius 3 is 2.40 bits per heavy atom. The molecule has 0 saturated heterocycles. The molecule has 2 aromatic carbocycles. The first kappa shape index (κ1) is 14.3. The standard InChI is InChI=1S/C18H20O2/c1-13(2)16-9-7-15(8-10-16)12-20-18-6-4-5-17(11-18)14(3)19/h4-11,13H,12H2,1-3H3. The smallest absolute Gasteiger partial charge is 0.159 e. The summed E-state index contributed by atoms with van der Waals surface area (Å²) in [5, 5.41) is 0. The van der Waals surface area contributed by atoms with Crippen LogP contribution in [0.5, 0.6) is 5.75 Å². The van der Waals surface area contributed by atoms with Crippen LogP contribution in [0.2, 0.25) is 0 Å². The number of ketones is 1. The Morgan fingerprint density at radius 1 is 1.10 bits per heavy atom. The third-order valence-corrected chi connectivity index (χ3v) is 3.29. The molecule has 0 unspecified atom stereocenters. The maximum Gasteiger partial charge on any atom is 0.159 e. The Hall–Kier alpha value is -2.09. The molecule has 0 aliphatic carbocycles. The SMILES string of the molecule is CC(=O)c1cccc(OCc2ccc(C(C)C)cc2)c1. The van der Waals surface area contributed by atoms with Crippen molar-refractivity contribution in [2.45, 2.75) is 33.3 Å². The van der Waals surface area contributed by atoms with Gasteiger partial charge in [-0.15, -0.1) is 0 Å². The van der Waals surface area contributed by atoms with Crippen molar-refractivity contribution in [1.29, 1.82) is 0 Å². The summed E-state index contributed by atoms with van der Waals surface area (Å²) in [6, 6.07) is 15.7. The zero-order valence-corrected chi connectivity index (χ0v) is 12.2. The lowest BCUT2D eigenvalue weighted by Crippen LogP contribution is -1.98. The summed E-state index contributed by atoms with van der Waals surface area (Å²) in [5.74, 6) is 1.32. The number of carbonyl (C=O) groups is 1. The average molecular weight is 268 g/mol. The molecule has 0 N–H and O–H groups in total. The number of ether oxygens (including phenoxy) is 1. The molecule has 0 heterocycles. The van der Waals surface area contributed by atoms with Crippen molar-refractivity contribution < 1.29 is 9.53 Å². The Balaban J connectivity index is 2.01. The molecule has 0 atom stereocenters. The van der Waals surface area contributed by atoms with Gasteiger partial charge in [0.2, 0.25) is 0 Å². The van der Waals surface area contributed by atoms with Gasteiger partial charge in [-0.1, -0.05) is 50.2 Å². The minimum Gasteiger partial charge on any atom is -0.489 e. The molecule has 0 aliphatic heterocycles. The topological polar surface area (TPSA) is 26.3 Å². The predicted octanol–water partition coefficient (Wildman–Crippen LogP) is 4.59. The summed E-state index contributed by atoms with van der Waals surface area (Å²) in [4.78, 5) is 11.3. The van der Waals surface area contributed by atoms with Gasteiger partial charge in [-0.2, -0.15) is 0 Å². The zero-order valence-electron chi connectivity index (χ0n) is 12.2. The van der Waals surface area contributed by atoms with E-state index in [4.69, 9.17) is 4.74 Å². The van der Waals surface area contributed by atoms with Crippen LogP contribution in [0.25, 0.3) is 0 Å². The van der Waals surface area contributed by atoms with E-state index in [1.165, 1.54) is 5.56 Å². The van der Waals surface area contributed by atoms with Crippen molar-refractivity contribution in [2.75, 3.05) is 0 Å². The van der Waals surface area contributed by atoms with E-state index >= 15 is 0 Å². The van der Waals surface area contributed by atoms with Crippen molar-refractivity contribution >= 4 is 5.78 Å². The summed E-state index contributed by atoms with van der Waals surface area (Å²) in [6.07, 6.45) is 0. The molecule has 0 amide bonds. The van der Waals surface area contributed by atoms with E-state index in [1.54, 1.807) is 19.1 Å². The quantitative estimate of drug-likeness (QED) is 0.741. The average Bonchev–Trinajstić information content (AvgIpc) is 2.46. The number of benzene rings is 2. The highest BCUT2D eigenvalue weighted by atomic mass is 16.5. The largest absolute Gasteiger partial charge is 0.489 e. The Kier molecular flexibility index (Phi) is 4.57. The fourth-order valence-electron chi connectivity index (χ4n) is 1.97. The number of Topliss-reactive ketones (excluding diaryl/α,β-unsaturated/α-hetero) is 1. The van der Waals surface area contributed by atoms with Crippen LogP contribution in [0.3, 0.4) is 0 Å². The monoisotopic (exact) mass is 268 g/mol. The number of rotatable bonds is 5. The molecule has 0 radical (unpaired) electrons. The second kappa shape index (κ2) is 6.38. The number of carbonyl (C=O) groups excluding carboxylic acids is 1. The summed E-state index contributed by atoms with van der Waals surface area (Å²) in [5.41, 5.74) is 3.13. The molecular weight excluding hydrogens is 248 g/mol. The molecule has 0 aromatic heterocycles. The molecule has 20 heavy (non-hydrogen) atoms. The van der Waals surface area contributed by atoms with Crippen molar-refractivity contribution in [1.82, 2.24) is 0 Å². The Bertz CT molecular complexity index is 583. The van der Waals surface area contributed by atoms with Crippen LogP contribution in [0, 0.1) is 0 Å². The summed E-state index contributed by atoms with van der Waals surface area (Å²) in [6.45, 7) is 6.43. The third kappa shape index (κ3) is 3.70. The van der Waals surface area contributed by atoms with Crippen molar-refractivity contribution in [2.24, 2.45) is 0 Å². The van der Waals surface area contributed by atoms with Crippen molar-refractivity contribution in [3.05, 3.63) is 65.2 Å². The van der Waals surface area contributed by atoms with Crippen LogP contribution in [0.1, 0.15) is 48.2 Å². The molecule has 2 rings (SSSR count). The summed E-state index contributed by atoms with van der Waals surface area (Å²) in [7, 11) is 0. The van der Waals surface area contributed by atoms with Gasteiger partial charge in [0.15, 0.2) is 5.78 Å². The molecule has 2 heteroatoms. The predicted molar refractivity (Wildman–Crippen MR) is 81.3 cm³/mol. The van der Waals surface area contributed by atoms with Crippen molar-refractivity contribution in [3.63, 3.8) is 0 Å². The summed E-state index contributed by atoms with van der Waals surface area (Å²) < 4.78 is 5.73. The summed E-state index contributed by atoms with van der Waals surface area (Å²) >= 11 is 0. The van der Waals surface area contributed by atoms with Crippen molar-refractivity contribution in [3.8, 4) is 5.75 Å². The van der Waals surface area contributed by atoms with E-state index in [0.29, 0.717) is 18.1 Å². The molecular formula is C18H20O2. The van der Waals surface area contributed by atoms with Gasteiger partial charge in [0.1, 0.15) is 12.4 Å². The van der Waals surface area contributed by atoms with Crippen LogP contribution in [0.4, 0.5) is 0 Å². The lowest BCUT2D eigenvalue weighted by molar-refractivity contribution is 0.101. The fourth-order valence-corrected chi connectivity index (χ4v) is 1.97. The van der Waals surface area contributed by atoms with Gasteiger partial charge < -0.3 is 4.74 Å². The van der Waals surface area contributed by atoms with Crippen LogP contribution in [-0.4, -0.2) is 5.78 Å². The van der Waals surface area contributed by atoms with Crippen LogP contribution >= 0.6 is 0 Å². The fraction of sp³-hybridized carbons (Fsp3) is 0.278. The number of hydrogen-bond donors (Lipinski definition) is 0. The van der Waals surface area contributed by atoms with Gasteiger partial charge in [-0.25, -0.2) is 0 Å². The third-order valence-electron chi connectivity index (χ3n) is 3.29. The first-order valence-electron chi connectivity index (χ1n) is 6.89. The van der Waals surface area contributed by atoms with Gasteiger partial charge in [-0.3, -0.25) is 4.79 Å². The second-order valence-electron chi connectivity index (χ2n) is 5.27. The molecule has 0 saturated carbocycles. The highest BCUT2D eigenvalue weighted by Crippen LogP contribution is 2.18. The minimum atomic E-state index is 0.0525. The van der Waals surface area contributed by atoms with Gasteiger partial charge in [0.05, 0.1) is 0 Å². The molecule has 0 bridgehead atoms. The van der Waals surface area contributed by atoms with Gasteiger partial charge in [0.25, 0.3) is 0 Å². The van der Waals surface area contributed by atoms with E-state index in [-0.39, 0.29) is 5.78 Å². The molecule has 2 nitrogen and oxygen atoms in total. The van der Waals surface area contributed by atoms with Crippen LogP contribution in [0.15, 0.2) is 48.5 Å². The van der Waals surface area contributed by atoms with Gasteiger partial charge in [-0.05, 0) is 36.1 Å². The minimum absolute atomic E-state index is 0.0525. The Morgan fingerprint density at radius 2 is 1.80 bits per heavy atom. The van der Waals surface area contributed by atoms with E-state index in [1.807, 2.05) is 12.1 Å². The van der Waals surface area contributed by atoms with Gasteiger partial charge >= 0.3 is 0 Å². The maximum absolute atomic E-state index is 11.3. The van der Waals surface area contributed by atoms with E-state index < -0.39 is 0 Å². The van der Waals surface area contributed by atoms with E-state index in [0.717, 1.165) is 11.3 Å². The first-order valence-corrected chi connectivity index (χ1v) is 6.89. The molecule has 0 aliphatic rings. The molecule has 0 fully saturated rings. The Labute approximate surface area is 120 Å². The van der Waals surface area contributed by atoms with Gasteiger partial charge in [0, 0.05) is 5.56 Å². The molecule has 0 spiro atoms. The van der Waals surface area contributed by atoms with Crippen LogP contribution in [-0.2, 0) is 6.61 Å². The van der Waals surface area contributed by atoms with E-state index in [9.17, 15) is 4.79 Å². The lowest BCUT2D eigenvalue weighted by atomic mass is 10.0. The molecule has 104 valence electrons. The molecule has 2 aromatic rings. The normalized spacial score (nSPS) is 10.6. The highest BCUT2D eigenvalue weighted by Gasteiger charge is 2.02. The van der Waals surface area contributed by atoms with E-state index in [2.05, 4.69) is 38.1 Å². The highest BCUT2D eigenvalue weighted by molar-refractivity contribution is 5.94. The first-order chi connectivity index (χ1) is 9.56. The lowest BCUT2D eigenvalue weighted by Gasteiger charge is -2.09. The zero-order chi connectivity index (χ0) is 14.5. The van der Waals surface area contributed by atoms with Crippen LogP contribution < -0.4 is 4.74 Å². The second-order valence-corrected chi connectivity index (χ2v) is 5.27. The maximum atomic E-state index is 11.3.